The molecule has 2 N–H and O–H groups in total. The van der Waals surface area contributed by atoms with Gasteiger partial charge in [0.05, 0.1) is 17.8 Å². The minimum Gasteiger partial charge on any atom is -0.439 e. The number of para-hydroxylation sites is 1. The molecule has 1 aromatic heterocycles. The van der Waals surface area contributed by atoms with Gasteiger partial charge in [-0.05, 0) is 36.8 Å². The van der Waals surface area contributed by atoms with Crippen molar-refractivity contribution >= 4 is 23.2 Å². The molecular weight excluding hydrogens is 354 g/mol. The average molecular weight is 373 g/mol. The number of hydrogen-bond donors (Lipinski definition) is 2. The van der Waals surface area contributed by atoms with Gasteiger partial charge < -0.3 is 15.4 Å². The number of rotatable bonds is 4. The molecule has 0 radical (unpaired) electrons. The maximum absolute atomic E-state index is 12.7. The van der Waals surface area contributed by atoms with Gasteiger partial charge in [-0.15, -0.1) is 0 Å². The Morgan fingerprint density at radius 1 is 1.11 bits per heavy atom. The fraction of sp³-hybridized carbons (Fsp3) is 0.136. The molecule has 0 bridgehead atoms. The van der Waals surface area contributed by atoms with Gasteiger partial charge in [0.15, 0.2) is 0 Å². The second-order valence-electron chi connectivity index (χ2n) is 6.68. The van der Waals surface area contributed by atoms with Crippen LogP contribution < -0.4 is 15.4 Å². The summed E-state index contributed by atoms with van der Waals surface area (Å²) in [6.45, 7) is 2.01. The predicted molar refractivity (Wildman–Crippen MR) is 107 cm³/mol. The molecule has 1 aliphatic heterocycles. The molecule has 1 aliphatic rings. The van der Waals surface area contributed by atoms with Crippen molar-refractivity contribution in [3.05, 3.63) is 78.0 Å². The summed E-state index contributed by atoms with van der Waals surface area (Å²) < 4.78 is 5.69. The summed E-state index contributed by atoms with van der Waals surface area (Å²) in [5.41, 5.74) is 3.19. The number of ether oxygens (including phenoxy) is 1. The van der Waals surface area contributed by atoms with Crippen LogP contribution in [-0.2, 0) is 9.59 Å². The van der Waals surface area contributed by atoms with E-state index < -0.39 is 5.92 Å². The standard InChI is InChI=1S/C22H19N3O3/c1-14-6-9-16(10-7-14)28-21-11-8-15(13-23-21)24-22(27)18-12-20(26)25-19-5-3-2-4-17(18)19/h2-11,13,18H,12H2,1H3,(H,24,27)(H,25,26). The summed E-state index contributed by atoms with van der Waals surface area (Å²) in [5.74, 6) is 0.188. The summed E-state index contributed by atoms with van der Waals surface area (Å²) >= 11 is 0. The lowest BCUT2D eigenvalue weighted by molar-refractivity contribution is -0.123. The number of carbonyl (C=O) groups is 2. The zero-order valence-corrected chi connectivity index (χ0v) is 15.3. The summed E-state index contributed by atoms with van der Waals surface area (Å²) in [4.78, 5) is 28.9. The van der Waals surface area contributed by atoms with Crippen molar-refractivity contribution < 1.29 is 14.3 Å². The number of hydrogen-bond acceptors (Lipinski definition) is 4. The Labute approximate surface area is 162 Å². The van der Waals surface area contributed by atoms with Crippen LogP contribution in [0, 0.1) is 6.92 Å². The first-order valence-electron chi connectivity index (χ1n) is 8.99. The smallest absolute Gasteiger partial charge is 0.232 e. The molecule has 0 saturated heterocycles. The second-order valence-corrected chi connectivity index (χ2v) is 6.68. The third kappa shape index (κ3) is 3.86. The van der Waals surface area contributed by atoms with E-state index in [1.807, 2.05) is 49.4 Å². The van der Waals surface area contributed by atoms with Crippen LogP contribution in [0.25, 0.3) is 0 Å². The van der Waals surface area contributed by atoms with E-state index >= 15 is 0 Å². The number of fused-ring (bicyclic) bond motifs is 1. The van der Waals surface area contributed by atoms with Crippen molar-refractivity contribution in [1.29, 1.82) is 0 Å². The molecule has 28 heavy (non-hydrogen) atoms. The molecule has 2 amide bonds. The molecule has 2 heterocycles. The van der Waals surface area contributed by atoms with Gasteiger partial charge in [0.2, 0.25) is 17.7 Å². The van der Waals surface area contributed by atoms with E-state index in [4.69, 9.17) is 4.74 Å². The van der Waals surface area contributed by atoms with Crippen LogP contribution in [0.2, 0.25) is 0 Å². The van der Waals surface area contributed by atoms with Crippen molar-refractivity contribution in [2.24, 2.45) is 0 Å². The first kappa shape index (κ1) is 17.7. The monoisotopic (exact) mass is 373 g/mol. The summed E-state index contributed by atoms with van der Waals surface area (Å²) in [5, 5.41) is 5.63. The van der Waals surface area contributed by atoms with E-state index in [0.717, 1.165) is 11.1 Å². The molecule has 0 saturated carbocycles. The first-order chi connectivity index (χ1) is 13.6. The second kappa shape index (κ2) is 7.52. The van der Waals surface area contributed by atoms with Gasteiger partial charge in [0.1, 0.15) is 5.75 Å². The highest BCUT2D eigenvalue weighted by molar-refractivity contribution is 6.05. The lowest BCUT2D eigenvalue weighted by Crippen LogP contribution is -2.30. The number of nitrogens with zero attached hydrogens (tertiary/aromatic N) is 1. The number of aromatic nitrogens is 1. The first-order valence-corrected chi connectivity index (χ1v) is 8.99. The molecule has 0 fully saturated rings. The van der Waals surface area contributed by atoms with Gasteiger partial charge in [-0.1, -0.05) is 35.9 Å². The van der Waals surface area contributed by atoms with E-state index in [9.17, 15) is 9.59 Å². The van der Waals surface area contributed by atoms with Crippen LogP contribution in [-0.4, -0.2) is 16.8 Å². The van der Waals surface area contributed by atoms with Crippen molar-refractivity contribution in [2.75, 3.05) is 10.6 Å². The quantitative estimate of drug-likeness (QED) is 0.717. The van der Waals surface area contributed by atoms with Gasteiger partial charge in [-0.2, -0.15) is 0 Å². The highest BCUT2D eigenvalue weighted by atomic mass is 16.5. The molecule has 6 nitrogen and oxygen atoms in total. The number of benzene rings is 2. The number of anilines is 2. The molecule has 140 valence electrons. The fourth-order valence-electron chi connectivity index (χ4n) is 3.12. The van der Waals surface area contributed by atoms with Crippen LogP contribution in [0.1, 0.15) is 23.5 Å². The SMILES string of the molecule is Cc1ccc(Oc2ccc(NC(=O)C3CC(=O)Nc4ccccc43)cn2)cc1. The van der Waals surface area contributed by atoms with E-state index in [0.29, 0.717) is 23.0 Å². The van der Waals surface area contributed by atoms with Crippen molar-refractivity contribution in [1.82, 2.24) is 4.98 Å². The zero-order chi connectivity index (χ0) is 19.5. The largest absolute Gasteiger partial charge is 0.439 e. The maximum atomic E-state index is 12.7. The average Bonchev–Trinajstić information content (AvgIpc) is 2.70. The van der Waals surface area contributed by atoms with Gasteiger partial charge >= 0.3 is 0 Å². The van der Waals surface area contributed by atoms with Crippen LogP contribution in [0.5, 0.6) is 11.6 Å². The Morgan fingerprint density at radius 2 is 1.89 bits per heavy atom. The lowest BCUT2D eigenvalue weighted by Gasteiger charge is -2.24. The van der Waals surface area contributed by atoms with Gasteiger partial charge in [0, 0.05) is 18.2 Å². The van der Waals surface area contributed by atoms with Crippen LogP contribution in [0.4, 0.5) is 11.4 Å². The highest BCUT2D eigenvalue weighted by Crippen LogP contribution is 2.33. The fourth-order valence-corrected chi connectivity index (χ4v) is 3.12. The molecule has 2 aromatic carbocycles. The Kier molecular flexibility index (Phi) is 4.76. The Balaban J connectivity index is 1.45. The number of aryl methyl sites for hydroxylation is 1. The van der Waals surface area contributed by atoms with Crippen LogP contribution in [0.3, 0.4) is 0 Å². The lowest BCUT2D eigenvalue weighted by atomic mass is 9.90. The minimum atomic E-state index is -0.534. The predicted octanol–water partition coefficient (Wildman–Crippen LogP) is 4.25. The van der Waals surface area contributed by atoms with Crippen molar-refractivity contribution in [3.8, 4) is 11.6 Å². The van der Waals surface area contributed by atoms with Crippen LogP contribution in [0.15, 0.2) is 66.9 Å². The maximum Gasteiger partial charge on any atom is 0.232 e. The molecule has 6 heteroatoms. The molecule has 1 unspecified atom stereocenters. The third-order valence-electron chi connectivity index (χ3n) is 4.56. The Bertz CT molecular complexity index is 1010. The van der Waals surface area contributed by atoms with E-state index in [-0.39, 0.29) is 18.2 Å². The summed E-state index contributed by atoms with van der Waals surface area (Å²) in [6.07, 6.45) is 1.65. The minimum absolute atomic E-state index is 0.116. The van der Waals surface area contributed by atoms with Gasteiger partial charge in [0.25, 0.3) is 0 Å². The van der Waals surface area contributed by atoms with Gasteiger partial charge in [-0.3, -0.25) is 9.59 Å². The molecule has 0 spiro atoms. The molecule has 0 aliphatic carbocycles. The van der Waals surface area contributed by atoms with Crippen molar-refractivity contribution in [2.45, 2.75) is 19.3 Å². The van der Waals surface area contributed by atoms with E-state index in [2.05, 4.69) is 15.6 Å². The summed E-state index contributed by atoms with van der Waals surface area (Å²) in [7, 11) is 0. The normalized spacial score (nSPS) is 15.3. The van der Waals surface area contributed by atoms with Crippen LogP contribution >= 0.6 is 0 Å². The van der Waals surface area contributed by atoms with Gasteiger partial charge in [-0.25, -0.2) is 4.98 Å². The molecule has 1 atom stereocenters. The molecular formula is C22H19N3O3. The van der Waals surface area contributed by atoms with Crippen molar-refractivity contribution in [3.63, 3.8) is 0 Å². The van der Waals surface area contributed by atoms with E-state index in [1.165, 1.54) is 6.20 Å². The third-order valence-corrected chi connectivity index (χ3v) is 4.56. The highest BCUT2D eigenvalue weighted by Gasteiger charge is 2.30. The topological polar surface area (TPSA) is 80.3 Å². The Morgan fingerprint density at radius 3 is 2.64 bits per heavy atom. The number of pyridine rings is 1. The molecule has 4 rings (SSSR count). The number of carbonyl (C=O) groups excluding carboxylic acids is 2. The number of amides is 2. The summed E-state index contributed by atoms with van der Waals surface area (Å²) in [6, 6.07) is 18.4. The zero-order valence-electron chi connectivity index (χ0n) is 15.3. The Hall–Kier alpha value is -3.67. The molecule has 3 aromatic rings. The van der Waals surface area contributed by atoms with E-state index in [1.54, 1.807) is 18.2 Å². The number of nitrogens with one attached hydrogen (secondary N) is 2.